The summed E-state index contributed by atoms with van der Waals surface area (Å²) < 4.78 is 5.56. The van der Waals surface area contributed by atoms with E-state index in [1.165, 1.54) is 6.42 Å². The molecule has 1 aromatic carbocycles. The van der Waals surface area contributed by atoms with E-state index in [0.29, 0.717) is 5.92 Å². The lowest BCUT2D eigenvalue weighted by Crippen LogP contribution is -2.24. The van der Waals surface area contributed by atoms with E-state index in [1.807, 2.05) is 30.5 Å². The Morgan fingerprint density at radius 1 is 1.20 bits per heavy atom. The quantitative estimate of drug-likeness (QED) is 0.909. The first-order valence-electron chi connectivity index (χ1n) is 7.19. The van der Waals surface area contributed by atoms with E-state index in [0.717, 1.165) is 42.1 Å². The minimum Gasteiger partial charge on any atom is -0.397 e. The molecule has 3 heteroatoms. The Kier molecular flexibility index (Phi) is 2.57. The molecule has 2 heterocycles. The van der Waals surface area contributed by atoms with E-state index in [4.69, 9.17) is 10.5 Å². The fourth-order valence-electron chi connectivity index (χ4n) is 3.53. The van der Waals surface area contributed by atoms with Crippen LogP contribution in [0.5, 0.6) is 0 Å². The Bertz CT molecular complexity index is 641. The molecular weight excluding hydrogens is 248 g/mol. The van der Waals surface area contributed by atoms with Gasteiger partial charge in [0.25, 0.3) is 0 Å². The van der Waals surface area contributed by atoms with E-state index in [9.17, 15) is 0 Å². The van der Waals surface area contributed by atoms with Crippen LogP contribution < -0.4 is 5.73 Å². The monoisotopic (exact) mass is 266 g/mol. The number of rotatable bonds is 2. The standard InChI is InChI=1S/C17H18N2O/c18-15-14(12-4-2-1-3-5-12)6-8-19-16(15)17-7-9-20-11-13(17)10-17/h1-6,8,13H,7,9-11,18H2. The largest absolute Gasteiger partial charge is 0.397 e. The van der Waals surface area contributed by atoms with Crippen LogP contribution in [0.25, 0.3) is 11.1 Å². The molecule has 102 valence electrons. The predicted octanol–water partition coefficient (Wildman–Crippen LogP) is 3.01. The average Bonchev–Trinajstić information content (AvgIpc) is 3.24. The van der Waals surface area contributed by atoms with Crippen molar-refractivity contribution in [2.75, 3.05) is 18.9 Å². The van der Waals surface area contributed by atoms with Crippen molar-refractivity contribution < 1.29 is 4.74 Å². The summed E-state index contributed by atoms with van der Waals surface area (Å²) in [4.78, 5) is 4.62. The van der Waals surface area contributed by atoms with Crippen molar-refractivity contribution in [3.63, 3.8) is 0 Å². The van der Waals surface area contributed by atoms with Crippen LogP contribution in [0.4, 0.5) is 5.69 Å². The van der Waals surface area contributed by atoms with Crippen LogP contribution in [0.1, 0.15) is 18.5 Å². The Morgan fingerprint density at radius 3 is 2.85 bits per heavy atom. The Morgan fingerprint density at radius 2 is 2.05 bits per heavy atom. The summed E-state index contributed by atoms with van der Waals surface area (Å²) >= 11 is 0. The zero-order valence-corrected chi connectivity index (χ0v) is 11.4. The van der Waals surface area contributed by atoms with E-state index in [-0.39, 0.29) is 5.41 Å². The molecule has 3 nitrogen and oxygen atoms in total. The third-order valence-electron chi connectivity index (χ3n) is 4.79. The number of pyridine rings is 1. The van der Waals surface area contributed by atoms with Crippen LogP contribution in [-0.2, 0) is 10.2 Å². The highest BCUT2D eigenvalue weighted by Gasteiger charge is 2.58. The number of hydrogen-bond donors (Lipinski definition) is 1. The summed E-state index contributed by atoms with van der Waals surface area (Å²) in [5.74, 6) is 0.608. The van der Waals surface area contributed by atoms with Gasteiger partial charge in [-0.1, -0.05) is 30.3 Å². The topological polar surface area (TPSA) is 48.1 Å². The normalized spacial score (nSPS) is 27.9. The number of aromatic nitrogens is 1. The molecule has 2 fully saturated rings. The third kappa shape index (κ3) is 1.66. The Balaban J connectivity index is 1.80. The van der Waals surface area contributed by atoms with Gasteiger partial charge >= 0.3 is 0 Å². The van der Waals surface area contributed by atoms with Crippen LogP contribution >= 0.6 is 0 Å². The van der Waals surface area contributed by atoms with E-state index in [2.05, 4.69) is 17.1 Å². The van der Waals surface area contributed by atoms with Crippen molar-refractivity contribution in [3.05, 3.63) is 48.3 Å². The smallest absolute Gasteiger partial charge is 0.0705 e. The van der Waals surface area contributed by atoms with Crippen LogP contribution in [0.15, 0.2) is 42.6 Å². The van der Waals surface area contributed by atoms with Crippen molar-refractivity contribution in [3.8, 4) is 11.1 Å². The lowest BCUT2D eigenvalue weighted by atomic mass is 9.90. The molecule has 1 aromatic heterocycles. The van der Waals surface area contributed by atoms with Gasteiger partial charge < -0.3 is 10.5 Å². The number of benzene rings is 1. The maximum absolute atomic E-state index is 6.45. The summed E-state index contributed by atoms with van der Waals surface area (Å²) in [6, 6.07) is 12.3. The molecule has 0 bridgehead atoms. The minimum absolute atomic E-state index is 0.188. The molecule has 2 aliphatic rings. The number of nitrogens with zero attached hydrogens (tertiary/aromatic N) is 1. The second-order valence-corrected chi connectivity index (χ2v) is 5.87. The molecule has 1 saturated carbocycles. The van der Waals surface area contributed by atoms with Crippen LogP contribution in [0.2, 0.25) is 0 Å². The number of ether oxygens (including phenoxy) is 1. The summed E-state index contributed by atoms with van der Waals surface area (Å²) in [7, 11) is 0. The minimum atomic E-state index is 0.188. The highest BCUT2D eigenvalue weighted by molar-refractivity contribution is 5.78. The molecule has 1 saturated heterocycles. The van der Waals surface area contributed by atoms with E-state index in [1.54, 1.807) is 0 Å². The zero-order valence-electron chi connectivity index (χ0n) is 11.4. The number of nitrogen functional groups attached to an aromatic ring is 1. The van der Waals surface area contributed by atoms with Crippen LogP contribution in [0, 0.1) is 5.92 Å². The Hall–Kier alpha value is -1.87. The van der Waals surface area contributed by atoms with Gasteiger partial charge in [0, 0.05) is 23.8 Å². The van der Waals surface area contributed by atoms with Crippen molar-refractivity contribution in [2.24, 2.45) is 5.92 Å². The Labute approximate surface area is 118 Å². The molecule has 2 aromatic rings. The molecule has 2 unspecified atom stereocenters. The molecule has 20 heavy (non-hydrogen) atoms. The number of anilines is 1. The van der Waals surface area contributed by atoms with Gasteiger partial charge in [0.1, 0.15) is 0 Å². The lowest BCUT2D eigenvalue weighted by Gasteiger charge is -2.24. The molecular formula is C17H18N2O. The highest BCUT2D eigenvalue weighted by atomic mass is 16.5. The highest BCUT2D eigenvalue weighted by Crippen LogP contribution is 2.59. The second kappa shape index (κ2) is 4.32. The van der Waals surface area contributed by atoms with Crippen molar-refractivity contribution in [2.45, 2.75) is 18.3 Å². The van der Waals surface area contributed by atoms with Gasteiger partial charge in [-0.25, -0.2) is 0 Å². The molecule has 1 aliphatic carbocycles. The SMILES string of the molecule is Nc1c(-c2ccccc2)ccnc1C12CCOCC1C2. The molecule has 0 spiro atoms. The fourth-order valence-corrected chi connectivity index (χ4v) is 3.53. The van der Waals surface area contributed by atoms with Gasteiger partial charge in [-0.15, -0.1) is 0 Å². The summed E-state index contributed by atoms with van der Waals surface area (Å²) in [5, 5.41) is 0. The molecule has 4 rings (SSSR count). The number of fused-ring (bicyclic) bond motifs is 1. The van der Waals surface area contributed by atoms with Crippen molar-refractivity contribution in [1.82, 2.24) is 4.98 Å². The van der Waals surface area contributed by atoms with Gasteiger partial charge in [-0.2, -0.15) is 0 Å². The van der Waals surface area contributed by atoms with Crippen LogP contribution in [-0.4, -0.2) is 18.2 Å². The zero-order chi connectivity index (χ0) is 13.6. The second-order valence-electron chi connectivity index (χ2n) is 5.87. The van der Waals surface area contributed by atoms with E-state index >= 15 is 0 Å². The first-order valence-corrected chi connectivity index (χ1v) is 7.19. The van der Waals surface area contributed by atoms with Gasteiger partial charge in [-0.05, 0) is 30.4 Å². The summed E-state index contributed by atoms with van der Waals surface area (Å²) in [5.41, 5.74) is 10.8. The van der Waals surface area contributed by atoms with Gasteiger partial charge in [0.2, 0.25) is 0 Å². The molecule has 0 radical (unpaired) electrons. The van der Waals surface area contributed by atoms with Crippen molar-refractivity contribution >= 4 is 5.69 Å². The average molecular weight is 266 g/mol. The number of hydrogen-bond acceptors (Lipinski definition) is 3. The maximum atomic E-state index is 6.45. The molecule has 2 atom stereocenters. The molecule has 0 amide bonds. The predicted molar refractivity (Wildman–Crippen MR) is 79.3 cm³/mol. The van der Waals surface area contributed by atoms with Crippen LogP contribution in [0.3, 0.4) is 0 Å². The van der Waals surface area contributed by atoms with Gasteiger partial charge in [0.15, 0.2) is 0 Å². The summed E-state index contributed by atoms with van der Waals surface area (Å²) in [6.07, 6.45) is 4.11. The fraction of sp³-hybridized carbons (Fsp3) is 0.353. The third-order valence-corrected chi connectivity index (χ3v) is 4.79. The molecule has 1 aliphatic heterocycles. The molecule has 2 N–H and O–H groups in total. The summed E-state index contributed by atoms with van der Waals surface area (Å²) in [6.45, 7) is 1.68. The number of nitrogens with two attached hydrogens (primary N) is 1. The maximum Gasteiger partial charge on any atom is 0.0705 e. The van der Waals surface area contributed by atoms with Gasteiger partial charge in [-0.3, -0.25) is 4.98 Å². The van der Waals surface area contributed by atoms with Gasteiger partial charge in [0.05, 0.1) is 18.0 Å². The first-order chi connectivity index (χ1) is 9.81. The first kappa shape index (κ1) is 11.9. The van der Waals surface area contributed by atoms with E-state index < -0.39 is 0 Å². The lowest BCUT2D eigenvalue weighted by molar-refractivity contribution is 0.0796. The van der Waals surface area contributed by atoms with Crippen molar-refractivity contribution in [1.29, 1.82) is 0 Å².